The summed E-state index contributed by atoms with van der Waals surface area (Å²) in [6.07, 6.45) is 5.18. The molecular weight excluding hydrogens is 324 g/mol. The predicted molar refractivity (Wildman–Crippen MR) is 95.0 cm³/mol. The molecule has 0 aromatic heterocycles. The molecule has 5 heteroatoms. The first kappa shape index (κ1) is 19.7. The number of unbranched alkanes of at least 4 members (excludes halogenated alkanes) is 1. The van der Waals surface area contributed by atoms with E-state index in [4.69, 9.17) is 4.74 Å². The van der Waals surface area contributed by atoms with Crippen LogP contribution in [-0.4, -0.2) is 30.5 Å². The highest BCUT2D eigenvalue weighted by atomic mass is 19.3. The molecule has 0 bridgehead atoms. The van der Waals surface area contributed by atoms with Gasteiger partial charge in [-0.1, -0.05) is 25.5 Å². The van der Waals surface area contributed by atoms with Gasteiger partial charge in [-0.05, 0) is 44.2 Å². The van der Waals surface area contributed by atoms with Crippen LogP contribution in [0, 0.1) is 0 Å². The van der Waals surface area contributed by atoms with E-state index in [-0.39, 0.29) is 30.7 Å². The maximum absolute atomic E-state index is 14.4. The molecular formula is C20H29F2NO2. The molecule has 1 aromatic rings. The van der Waals surface area contributed by atoms with E-state index in [0.29, 0.717) is 12.4 Å². The number of amides is 1. The number of carbonyl (C=O) groups excluding carboxylic acids is 1. The minimum Gasteiger partial charge on any atom is -0.494 e. The van der Waals surface area contributed by atoms with Gasteiger partial charge in [0.1, 0.15) is 5.75 Å². The second-order valence-corrected chi connectivity index (χ2v) is 6.73. The van der Waals surface area contributed by atoms with Crippen molar-refractivity contribution in [3.63, 3.8) is 0 Å². The highest BCUT2D eigenvalue weighted by Gasteiger charge is 2.31. The second kappa shape index (κ2) is 9.73. The Labute approximate surface area is 149 Å². The fraction of sp³-hybridized carbons (Fsp3) is 0.650. The zero-order chi connectivity index (χ0) is 18.1. The van der Waals surface area contributed by atoms with Crippen molar-refractivity contribution in [3.05, 3.63) is 29.8 Å². The lowest BCUT2D eigenvalue weighted by molar-refractivity contribution is -0.132. The Morgan fingerprint density at radius 2 is 1.96 bits per heavy atom. The van der Waals surface area contributed by atoms with E-state index in [1.165, 1.54) is 12.1 Å². The molecule has 0 aliphatic carbocycles. The minimum absolute atomic E-state index is 0.00662. The predicted octanol–water partition coefficient (Wildman–Crippen LogP) is 5.14. The zero-order valence-electron chi connectivity index (χ0n) is 15.1. The largest absolute Gasteiger partial charge is 0.494 e. The normalized spacial score (nSPS) is 15.2. The molecule has 25 heavy (non-hydrogen) atoms. The number of nitrogens with zero attached hydrogens (tertiary/aromatic N) is 1. The number of hydrogen-bond donors (Lipinski definition) is 0. The van der Waals surface area contributed by atoms with Crippen molar-refractivity contribution in [3.8, 4) is 5.75 Å². The van der Waals surface area contributed by atoms with Gasteiger partial charge in [-0.3, -0.25) is 4.79 Å². The molecule has 0 unspecified atom stereocenters. The van der Waals surface area contributed by atoms with Crippen LogP contribution in [0.15, 0.2) is 24.3 Å². The third-order valence-corrected chi connectivity index (χ3v) is 4.61. The molecule has 1 aliphatic heterocycles. The molecule has 0 radical (unpaired) electrons. The van der Waals surface area contributed by atoms with Gasteiger partial charge in [-0.25, -0.2) is 8.78 Å². The van der Waals surface area contributed by atoms with E-state index >= 15 is 0 Å². The number of carbonyl (C=O) groups is 1. The molecule has 0 spiro atoms. The first-order chi connectivity index (χ1) is 12.0. The molecule has 0 saturated carbocycles. The highest BCUT2D eigenvalue weighted by molar-refractivity contribution is 5.76. The van der Waals surface area contributed by atoms with E-state index < -0.39 is 5.92 Å². The first-order valence-electron chi connectivity index (χ1n) is 9.42. The monoisotopic (exact) mass is 353 g/mol. The minimum atomic E-state index is -2.94. The van der Waals surface area contributed by atoms with Crippen LogP contribution in [0.5, 0.6) is 5.75 Å². The van der Waals surface area contributed by atoms with Crippen LogP contribution in [0.2, 0.25) is 0 Å². The van der Waals surface area contributed by atoms with Crippen LogP contribution in [0.25, 0.3) is 0 Å². The molecule has 1 heterocycles. The van der Waals surface area contributed by atoms with E-state index in [1.807, 2.05) is 4.90 Å². The summed E-state index contributed by atoms with van der Waals surface area (Å²) >= 11 is 0. The number of ether oxygens (including phenoxy) is 1. The van der Waals surface area contributed by atoms with E-state index in [0.717, 1.165) is 45.2 Å². The van der Waals surface area contributed by atoms with E-state index in [1.54, 1.807) is 12.1 Å². The zero-order valence-corrected chi connectivity index (χ0v) is 15.1. The van der Waals surface area contributed by atoms with E-state index in [9.17, 15) is 13.6 Å². The van der Waals surface area contributed by atoms with Gasteiger partial charge in [0.05, 0.1) is 6.61 Å². The lowest BCUT2D eigenvalue weighted by Crippen LogP contribution is -2.35. The lowest BCUT2D eigenvalue weighted by Gasteiger charge is -2.27. The van der Waals surface area contributed by atoms with Crippen molar-refractivity contribution >= 4 is 5.91 Å². The molecule has 1 amide bonds. The molecule has 1 aromatic carbocycles. The molecule has 2 rings (SSSR count). The third-order valence-electron chi connectivity index (χ3n) is 4.61. The average Bonchev–Trinajstić information content (AvgIpc) is 2.63. The van der Waals surface area contributed by atoms with Crippen molar-refractivity contribution in [1.82, 2.24) is 4.90 Å². The topological polar surface area (TPSA) is 29.5 Å². The fourth-order valence-electron chi connectivity index (χ4n) is 3.06. The first-order valence-corrected chi connectivity index (χ1v) is 9.42. The third kappa shape index (κ3) is 6.29. The van der Waals surface area contributed by atoms with Crippen molar-refractivity contribution in [2.75, 3.05) is 19.7 Å². The van der Waals surface area contributed by atoms with E-state index in [2.05, 4.69) is 6.92 Å². The van der Waals surface area contributed by atoms with Crippen molar-refractivity contribution in [2.24, 2.45) is 0 Å². The van der Waals surface area contributed by atoms with Crippen molar-refractivity contribution in [1.29, 1.82) is 0 Å². The molecule has 0 N–H and O–H groups in total. The average molecular weight is 353 g/mol. The van der Waals surface area contributed by atoms with Crippen molar-refractivity contribution in [2.45, 2.75) is 64.2 Å². The van der Waals surface area contributed by atoms with Crippen LogP contribution in [0.1, 0.15) is 63.9 Å². The summed E-state index contributed by atoms with van der Waals surface area (Å²) in [4.78, 5) is 13.9. The highest BCUT2D eigenvalue weighted by Crippen LogP contribution is 2.35. The van der Waals surface area contributed by atoms with Crippen LogP contribution >= 0.6 is 0 Å². The summed E-state index contributed by atoms with van der Waals surface area (Å²) in [5.74, 6) is -2.45. The molecule has 0 atom stereocenters. The van der Waals surface area contributed by atoms with Gasteiger partial charge in [-0.2, -0.15) is 0 Å². The van der Waals surface area contributed by atoms with Gasteiger partial charge in [0, 0.05) is 31.5 Å². The number of alkyl halides is 2. The Balaban J connectivity index is 1.83. The molecule has 1 aliphatic rings. The summed E-state index contributed by atoms with van der Waals surface area (Å²) < 4.78 is 34.4. The van der Waals surface area contributed by atoms with Gasteiger partial charge < -0.3 is 9.64 Å². The SMILES string of the molecule is CCCCOc1cccc(C(F)(F)CCCC(=O)N2CCCCC2)c1. The van der Waals surface area contributed by atoms with Crippen molar-refractivity contribution < 1.29 is 18.3 Å². The van der Waals surface area contributed by atoms with Crippen LogP contribution < -0.4 is 4.74 Å². The Bertz CT molecular complexity index is 542. The Kier molecular flexibility index (Phi) is 7.66. The maximum Gasteiger partial charge on any atom is 0.273 e. The standard InChI is InChI=1S/C20H29F2NO2/c1-2-3-15-25-18-10-7-9-17(16-18)20(21,22)12-8-11-19(24)23-13-5-4-6-14-23/h7,9-10,16H,2-6,8,11-15H2,1H3. The smallest absolute Gasteiger partial charge is 0.273 e. The van der Waals surface area contributed by atoms with Gasteiger partial charge in [0.25, 0.3) is 5.92 Å². The molecule has 140 valence electrons. The summed E-state index contributed by atoms with van der Waals surface area (Å²) in [5, 5.41) is 0. The summed E-state index contributed by atoms with van der Waals surface area (Å²) in [6, 6.07) is 6.15. The van der Waals surface area contributed by atoms with Gasteiger partial charge in [0.2, 0.25) is 5.91 Å². The molecule has 1 saturated heterocycles. The van der Waals surface area contributed by atoms with Crippen LogP contribution in [-0.2, 0) is 10.7 Å². The Morgan fingerprint density at radius 3 is 2.68 bits per heavy atom. The van der Waals surface area contributed by atoms with Gasteiger partial charge in [0.15, 0.2) is 0 Å². The Morgan fingerprint density at radius 1 is 1.20 bits per heavy atom. The lowest BCUT2D eigenvalue weighted by atomic mass is 10.0. The summed E-state index contributed by atoms with van der Waals surface area (Å²) in [6.45, 7) is 4.13. The Hall–Kier alpha value is -1.65. The number of rotatable bonds is 9. The molecule has 3 nitrogen and oxygen atoms in total. The maximum atomic E-state index is 14.4. The number of benzene rings is 1. The molecule has 1 fully saturated rings. The van der Waals surface area contributed by atoms with Gasteiger partial charge >= 0.3 is 0 Å². The number of piperidine rings is 1. The number of likely N-dealkylation sites (tertiary alicyclic amines) is 1. The quantitative estimate of drug-likeness (QED) is 0.575. The summed E-state index contributed by atoms with van der Waals surface area (Å²) in [7, 11) is 0. The second-order valence-electron chi connectivity index (χ2n) is 6.73. The van der Waals surface area contributed by atoms with Gasteiger partial charge in [-0.15, -0.1) is 0 Å². The van der Waals surface area contributed by atoms with Crippen LogP contribution in [0.4, 0.5) is 8.78 Å². The fourth-order valence-corrected chi connectivity index (χ4v) is 3.06. The van der Waals surface area contributed by atoms with Crippen LogP contribution in [0.3, 0.4) is 0 Å². The number of hydrogen-bond acceptors (Lipinski definition) is 2. The number of halogens is 2. The summed E-state index contributed by atoms with van der Waals surface area (Å²) in [5.41, 5.74) is -0.0353.